The van der Waals surface area contributed by atoms with Crippen LogP contribution in [-0.4, -0.2) is 40.2 Å². The number of aliphatic carboxylic acids is 1. The highest BCUT2D eigenvalue weighted by atomic mass is 32.2. The first-order chi connectivity index (χ1) is 9.43. The van der Waals surface area contributed by atoms with Crippen LogP contribution in [0, 0.1) is 0 Å². The molecule has 2 amide bonds. The molecule has 0 saturated heterocycles. The Labute approximate surface area is 125 Å². The minimum Gasteiger partial charge on any atom is -0.480 e. The largest absolute Gasteiger partial charge is 0.480 e. The number of rotatable bonds is 7. The molecule has 0 heterocycles. The number of carboxylic acids is 1. The molecule has 6 heteroatoms. The van der Waals surface area contributed by atoms with E-state index >= 15 is 0 Å². The summed E-state index contributed by atoms with van der Waals surface area (Å²) >= 11 is 1.80. The Morgan fingerprint density at radius 2 is 1.80 bits per heavy atom. The fourth-order valence-electron chi connectivity index (χ4n) is 2.76. The van der Waals surface area contributed by atoms with Crippen molar-refractivity contribution >= 4 is 23.8 Å². The molecule has 1 aliphatic rings. The van der Waals surface area contributed by atoms with E-state index < -0.39 is 11.5 Å². The van der Waals surface area contributed by atoms with Crippen molar-refractivity contribution in [2.24, 2.45) is 0 Å². The van der Waals surface area contributed by atoms with Gasteiger partial charge in [-0.3, -0.25) is 0 Å². The third-order valence-electron chi connectivity index (χ3n) is 4.49. The number of carbonyl (C=O) groups is 2. The van der Waals surface area contributed by atoms with E-state index in [1.165, 1.54) is 12.8 Å². The first kappa shape index (κ1) is 17.1. The van der Waals surface area contributed by atoms with Gasteiger partial charge in [-0.05, 0) is 31.9 Å². The van der Waals surface area contributed by atoms with Crippen molar-refractivity contribution in [1.29, 1.82) is 0 Å². The quantitative estimate of drug-likeness (QED) is 0.675. The van der Waals surface area contributed by atoms with Gasteiger partial charge in [0.1, 0.15) is 5.54 Å². The first-order valence-electron chi connectivity index (χ1n) is 7.28. The molecule has 0 aromatic carbocycles. The molecule has 0 unspecified atom stereocenters. The minimum atomic E-state index is -1.16. The summed E-state index contributed by atoms with van der Waals surface area (Å²) in [5, 5.41) is 14.8. The van der Waals surface area contributed by atoms with Crippen molar-refractivity contribution in [3.8, 4) is 0 Å². The lowest BCUT2D eigenvalue weighted by molar-refractivity contribution is -0.144. The molecule has 0 aliphatic heterocycles. The Morgan fingerprint density at radius 1 is 1.25 bits per heavy atom. The van der Waals surface area contributed by atoms with Gasteiger partial charge in [0, 0.05) is 11.3 Å². The Bertz CT molecular complexity index is 350. The van der Waals surface area contributed by atoms with Crippen molar-refractivity contribution in [3.63, 3.8) is 0 Å². The van der Waals surface area contributed by atoms with Gasteiger partial charge in [-0.1, -0.05) is 26.7 Å². The fourth-order valence-corrected chi connectivity index (χ4v) is 3.67. The number of amides is 2. The van der Waals surface area contributed by atoms with Crippen LogP contribution < -0.4 is 10.6 Å². The van der Waals surface area contributed by atoms with Crippen LogP contribution in [0.2, 0.25) is 0 Å². The second-order valence-corrected chi connectivity index (χ2v) is 6.77. The van der Waals surface area contributed by atoms with E-state index in [0.29, 0.717) is 19.4 Å². The lowest BCUT2D eigenvalue weighted by Gasteiger charge is -2.30. The normalized spacial score (nSPS) is 17.8. The van der Waals surface area contributed by atoms with Crippen molar-refractivity contribution in [1.82, 2.24) is 10.6 Å². The summed E-state index contributed by atoms with van der Waals surface area (Å²) in [6, 6.07) is -0.378. The van der Waals surface area contributed by atoms with E-state index in [4.69, 9.17) is 0 Å². The molecule has 5 nitrogen and oxygen atoms in total. The second-order valence-electron chi connectivity index (χ2n) is 5.50. The third kappa shape index (κ3) is 3.81. The Hall–Kier alpha value is -0.910. The summed E-state index contributed by atoms with van der Waals surface area (Å²) in [6.45, 7) is 4.15. The van der Waals surface area contributed by atoms with Gasteiger partial charge in [0.2, 0.25) is 0 Å². The maximum absolute atomic E-state index is 12.0. The van der Waals surface area contributed by atoms with Crippen LogP contribution in [0.25, 0.3) is 0 Å². The van der Waals surface area contributed by atoms with E-state index in [1.54, 1.807) is 25.6 Å². The zero-order chi connectivity index (χ0) is 15.2. The summed E-state index contributed by atoms with van der Waals surface area (Å²) in [6.07, 6.45) is 7.45. The molecule has 3 N–H and O–H groups in total. The molecule has 116 valence electrons. The van der Waals surface area contributed by atoms with Gasteiger partial charge in [0.25, 0.3) is 0 Å². The Balaban J connectivity index is 2.56. The first-order valence-corrected chi connectivity index (χ1v) is 8.50. The summed E-state index contributed by atoms with van der Waals surface area (Å²) < 4.78 is 0.127. The summed E-state index contributed by atoms with van der Waals surface area (Å²) in [4.78, 5) is 23.4. The van der Waals surface area contributed by atoms with Gasteiger partial charge in [-0.2, -0.15) is 11.8 Å². The van der Waals surface area contributed by atoms with Crippen LogP contribution in [0.4, 0.5) is 4.79 Å². The average Bonchev–Trinajstić information content (AvgIpc) is 2.92. The molecule has 1 saturated carbocycles. The molecule has 0 radical (unpaired) electrons. The van der Waals surface area contributed by atoms with Crippen molar-refractivity contribution in [2.75, 3.05) is 12.8 Å². The van der Waals surface area contributed by atoms with E-state index in [9.17, 15) is 14.7 Å². The predicted molar refractivity (Wildman–Crippen MR) is 82.2 cm³/mol. The Morgan fingerprint density at radius 3 is 2.20 bits per heavy atom. The van der Waals surface area contributed by atoms with Gasteiger partial charge >= 0.3 is 12.0 Å². The molecule has 0 spiro atoms. The molecule has 0 aromatic heterocycles. The SMILES string of the molecule is CCC(CC)(NC(=O)NCC1(SC)CCCC1)C(=O)O. The lowest BCUT2D eigenvalue weighted by atomic mass is 9.93. The fraction of sp³-hybridized carbons (Fsp3) is 0.857. The molecule has 0 aromatic rings. The Kier molecular flexibility index (Phi) is 6.17. The number of carbonyl (C=O) groups excluding carboxylic acids is 1. The zero-order valence-electron chi connectivity index (χ0n) is 12.6. The van der Waals surface area contributed by atoms with Gasteiger partial charge in [0.15, 0.2) is 0 Å². The molecule has 1 aliphatic carbocycles. The maximum atomic E-state index is 12.0. The highest BCUT2D eigenvalue weighted by molar-refractivity contribution is 8.00. The van der Waals surface area contributed by atoms with E-state index in [-0.39, 0.29) is 10.8 Å². The van der Waals surface area contributed by atoms with Crippen LogP contribution >= 0.6 is 11.8 Å². The topological polar surface area (TPSA) is 78.4 Å². The van der Waals surface area contributed by atoms with Crippen molar-refractivity contribution in [2.45, 2.75) is 62.7 Å². The van der Waals surface area contributed by atoms with E-state index in [0.717, 1.165) is 12.8 Å². The molecular formula is C14H26N2O3S. The highest BCUT2D eigenvalue weighted by Gasteiger charge is 2.38. The zero-order valence-corrected chi connectivity index (χ0v) is 13.4. The molecule has 1 fully saturated rings. The number of nitrogens with one attached hydrogen (secondary N) is 2. The van der Waals surface area contributed by atoms with Crippen molar-refractivity contribution in [3.05, 3.63) is 0 Å². The van der Waals surface area contributed by atoms with E-state index in [1.807, 2.05) is 0 Å². The van der Waals surface area contributed by atoms with Crippen LogP contribution in [-0.2, 0) is 4.79 Å². The van der Waals surface area contributed by atoms with Crippen molar-refractivity contribution < 1.29 is 14.7 Å². The van der Waals surface area contributed by atoms with Gasteiger partial charge in [0.05, 0.1) is 0 Å². The number of urea groups is 1. The molecule has 0 bridgehead atoms. The van der Waals surface area contributed by atoms with Crippen LogP contribution in [0.15, 0.2) is 0 Å². The molecule has 0 atom stereocenters. The molecular weight excluding hydrogens is 276 g/mol. The summed E-state index contributed by atoms with van der Waals surface area (Å²) in [5.41, 5.74) is -1.16. The second kappa shape index (κ2) is 7.20. The predicted octanol–water partition coefficient (Wildman–Crippen LogP) is 2.60. The van der Waals surface area contributed by atoms with Gasteiger partial charge in [-0.25, -0.2) is 9.59 Å². The number of hydrogen-bond donors (Lipinski definition) is 3. The van der Waals surface area contributed by atoms with Gasteiger partial charge in [-0.15, -0.1) is 0 Å². The third-order valence-corrected chi connectivity index (χ3v) is 5.91. The maximum Gasteiger partial charge on any atom is 0.329 e. The van der Waals surface area contributed by atoms with Crippen LogP contribution in [0.1, 0.15) is 52.4 Å². The van der Waals surface area contributed by atoms with E-state index in [2.05, 4.69) is 16.9 Å². The standard InChI is InChI=1S/C14H26N2O3S/c1-4-14(5-2,11(17)18)16-12(19)15-10-13(20-3)8-6-7-9-13/h4-10H2,1-3H3,(H,17,18)(H2,15,16,19). The molecule has 1 rings (SSSR count). The minimum absolute atomic E-state index is 0.127. The van der Waals surface area contributed by atoms with Crippen LogP contribution in [0.3, 0.4) is 0 Å². The smallest absolute Gasteiger partial charge is 0.329 e. The summed E-state index contributed by atoms with van der Waals surface area (Å²) in [7, 11) is 0. The van der Waals surface area contributed by atoms with Gasteiger partial charge < -0.3 is 15.7 Å². The molecule has 20 heavy (non-hydrogen) atoms. The number of thioether (sulfide) groups is 1. The monoisotopic (exact) mass is 302 g/mol. The van der Waals surface area contributed by atoms with Crippen LogP contribution in [0.5, 0.6) is 0 Å². The summed E-state index contributed by atoms with van der Waals surface area (Å²) in [5.74, 6) is -0.974. The lowest BCUT2D eigenvalue weighted by Crippen LogP contribution is -2.57. The number of hydrogen-bond acceptors (Lipinski definition) is 3. The highest BCUT2D eigenvalue weighted by Crippen LogP contribution is 2.39. The number of carboxylic acid groups (broad SMARTS) is 1. The average molecular weight is 302 g/mol.